The van der Waals surface area contributed by atoms with E-state index in [0.717, 1.165) is 0 Å². The number of pyridine rings is 1. The molecule has 64 valence electrons. The minimum absolute atomic E-state index is 0.421. The van der Waals surface area contributed by atoms with Gasteiger partial charge < -0.3 is 9.94 Å². The van der Waals surface area contributed by atoms with E-state index in [1.54, 1.807) is 6.92 Å². The quantitative estimate of drug-likeness (QED) is 0.346. The number of rotatable bonds is 1. The Hall–Kier alpha value is -1.58. The molecule has 0 aliphatic rings. The van der Waals surface area contributed by atoms with Crippen LogP contribution in [0.4, 0.5) is 0 Å². The molecule has 4 heteroatoms. The molecule has 0 bridgehead atoms. The minimum Gasteiger partial charge on any atom is -0.619 e. The summed E-state index contributed by atoms with van der Waals surface area (Å²) in [6, 6.07) is 1.44. The van der Waals surface area contributed by atoms with Gasteiger partial charge in [0.1, 0.15) is 0 Å². The number of esters is 1. The van der Waals surface area contributed by atoms with Crippen LogP contribution in [-0.4, -0.2) is 13.1 Å². The zero-order valence-corrected chi connectivity index (χ0v) is 6.90. The molecule has 0 aliphatic carbocycles. The van der Waals surface area contributed by atoms with Gasteiger partial charge in [0.15, 0.2) is 12.4 Å². The van der Waals surface area contributed by atoms with E-state index in [4.69, 9.17) is 0 Å². The predicted octanol–water partition coefficient (Wildman–Crippen LogP) is 0.415. The van der Waals surface area contributed by atoms with Crippen molar-refractivity contribution in [2.45, 2.75) is 6.92 Å². The van der Waals surface area contributed by atoms with Crippen molar-refractivity contribution in [3.63, 3.8) is 0 Å². The molecule has 1 aromatic heterocycles. The standard InChI is InChI=1S/C8H9NO3/c1-6-5-9(11)4-3-7(6)8(10)12-2/h3-5H,1-2H3. The maximum absolute atomic E-state index is 11.0. The Labute approximate surface area is 70.0 Å². The van der Waals surface area contributed by atoms with Gasteiger partial charge in [-0.3, -0.25) is 0 Å². The second-order valence-corrected chi connectivity index (χ2v) is 2.39. The highest BCUT2D eigenvalue weighted by atomic mass is 16.5. The third-order valence-electron chi connectivity index (χ3n) is 1.54. The van der Waals surface area contributed by atoms with Crippen LogP contribution >= 0.6 is 0 Å². The van der Waals surface area contributed by atoms with E-state index in [-0.39, 0.29) is 0 Å². The van der Waals surface area contributed by atoms with Gasteiger partial charge in [-0.2, -0.15) is 4.73 Å². The Morgan fingerprint density at radius 1 is 1.67 bits per heavy atom. The molecule has 0 aliphatic heterocycles. The summed E-state index contributed by atoms with van der Waals surface area (Å²) in [4.78, 5) is 11.0. The van der Waals surface area contributed by atoms with E-state index < -0.39 is 5.97 Å². The summed E-state index contributed by atoms with van der Waals surface area (Å²) in [7, 11) is 1.31. The number of aromatic nitrogens is 1. The van der Waals surface area contributed by atoms with Gasteiger partial charge in [-0.1, -0.05) is 0 Å². The number of hydrogen-bond acceptors (Lipinski definition) is 3. The normalized spacial score (nSPS) is 9.50. The van der Waals surface area contributed by atoms with Crippen LogP contribution in [0.15, 0.2) is 18.5 Å². The fourth-order valence-electron chi connectivity index (χ4n) is 0.922. The van der Waals surface area contributed by atoms with Crippen LogP contribution in [-0.2, 0) is 4.74 Å². The zero-order chi connectivity index (χ0) is 9.14. The number of hydrogen-bond donors (Lipinski definition) is 0. The van der Waals surface area contributed by atoms with Gasteiger partial charge in [-0.15, -0.1) is 0 Å². The van der Waals surface area contributed by atoms with Gasteiger partial charge in [0, 0.05) is 11.6 Å². The van der Waals surface area contributed by atoms with Gasteiger partial charge in [0.2, 0.25) is 0 Å². The van der Waals surface area contributed by atoms with E-state index in [1.165, 1.54) is 25.6 Å². The first-order valence-corrected chi connectivity index (χ1v) is 3.43. The summed E-state index contributed by atoms with van der Waals surface area (Å²) in [5.41, 5.74) is 1.03. The first-order chi connectivity index (χ1) is 5.65. The molecule has 0 unspecified atom stereocenters. The molecule has 0 fully saturated rings. The van der Waals surface area contributed by atoms with Crippen molar-refractivity contribution in [2.75, 3.05) is 7.11 Å². The van der Waals surface area contributed by atoms with E-state index in [1.807, 2.05) is 0 Å². The molecular formula is C8H9NO3. The van der Waals surface area contributed by atoms with Crippen LogP contribution in [0.2, 0.25) is 0 Å². The number of aryl methyl sites for hydroxylation is 1. The van der Waals surface area contributed by atoms with Crippen molar-refractivity contribution >= 4 is 5.97 Å². The summed E-state index contributed by atoms with van der Waals surface area (Å²) >= 11 is 0. The lowest BCUT2D eigenvalue weighted by Gasteiger charge is -2.02. The average molecular weight is 167 g/mol. The van der Waals surface area contributed by atoms with E-state index in [0.29, 0.717) is 15.9 Å². The fourth-order valence-corrected chi connectivity index (χ4v) is 0.922. The molecule has 0 radical (unpaired) electrons. The molecule has 1 rings (SSSR count). The molecular weight excluding hydrogens is 158 g/mol. The third kappa shape index (κ3) is 1.53. The zero-order valence-electron chi connectivity index (χ0n) is 6.90. The summed E-state index contributed by atoms with van der Waals surface area (Å²) in [5, 5.41) is 10.7. The molecule has 1 heterocycles. The van der Waals surface area contributed by atoms with Gasteiger partial charge >= 0.3 is 5.97 Å². The molecule has 1 aromatic rings. The van der Waals surface area contributed by atoms with Crippen LogP contribution < -0.4 is 4.73 Å². The lowest BCUT2D eigenvalue weighted by molar-refractivity contribution is -0.605. The maximum Gasteiger partial charge on any atom is 0.338 e. The smallest absolute Gasteiger partial charge is 0.338 e. The fraction of sp³-hybridized carbons (Fsp3) is 0.250. The third-order valence-corrected chi connectivity index (χ3v) is 1.54. The van der Waals surface area contributed by atoms with E-state index in [9.17, 15) is 10.0 Å². The summed E-state index contributed by atoms with van der Waals surface area (Å²) in [5.74, 6) is -0.423. The average Bonchev–Trinajstić information content (AvgIpc) is 2.03. The van der Waals surface area contributed by atoms with E-state index in [2.05, 4.69) is 4.74 Å². The maximum atomic E-state index is 11.0. The van der Waals surface area contributed by atoms with Crippen molar-refractivity contribution in [1.29, 1.82) is 0 Å². The molecule has 4 nitrogen and oxygen atoms in total. The predicted molar refractivity (Wildman–Crippen MR) is 41.5 cm³/mol. The second-order valence-electron chi connectivity index (χ2n) is 2.39. The first kappa shape index (κ1) is 8.52. The first-order valence-electron chi connectivity index (χ1n) is 3.43. The van der Waals surface area contributed by atoms with Crippen LogP contribution in [0, 0.1) is 12.1 Å². The molecule has 0 spiro atoms. The summed E-state index contributed by atoms with van der Waals surface area (Å²) in [6.07, 6.45) is 2.59. The topological polar surface area (TPSA) is 53.2 Å². The monoisotopic (exact) mass is 167 g/mol. The van der Waals surface area contributed by atoms with Crippen molar-refractivity contribution < 1.29 is 14.3 Å². The summed E-state index contributed by atoms with van der Waals surface area (Å²) < 4.78 is 5.15. The van der Waals surface area contributed by atoms with Crippen molar-refractivity contribution in [2.24, 2.45) is 0 Å². The highest BCUT2D eigenvalue weighted by molar-refractivity contribution is 5.90. The molecule has 0 aromatic carbocycles. The van der Waals surface area contributed by atoms with Gasteiger partial charge in [0.05, 0.1) is 12.7 Å². The van der Waals surface area contributed by atoms with Crippen LogP contribution in [0.1, 0.15) is 15.9 Å². The SMILES string of the molecule is COC(=O)c1cc[n+]([O-])cc1C. The Kier molecular flexibility index (Phi) is 2.28. The molecule has 0 saturated carbocycles. The molecule has 0 atom stereocenters. The highest BCUT2D eigenvalue weighted by Crippen LogP contribution is 2.04. The number of methoxy groups -OCH3 is 1. The van der Waals surface area contributed by atoms with Crippen LogP contribution in [0.25, 0.3) is 0 Å². The lowest BCUT2D eigenvalue weighted by Crippen LogP contribution is -2.26. The van der Waals surface area contributed by atoms with Crippen LogP contribution in [0.3, 0.4) is 0 Å². The summed E-state index contributed by atoms with van der Waals surface area (Å²) in [6.45, 7) is 1.68. The Morgan fingerprint density at radius 2 is 2.33 bits per heavy atom. The van der Waals surface area contributed by atoms with Gasteiger partial charge in [0.25, 0.3) is 0 Å². The molecule has 12 heavy (non-hydrogen) atoms. The Morgan fingerprint density at radius 3 is 2.83 bits per heavy atom. The van der Waals surface area contributed by atoms with Crippen molar-refractivity contribution in [1.82, 2.24) is 0 Å². The Balaban J connectivity index is 3.09. The minimum atomic E-state index is -0.423. The molecule has 0 N–H and O–H groups in total. The van der Waals surface area contributed by atoms with E-state index >= 15 is 0 Å². The lowest BCUT2D eigenvalue weighted by atomic mass is 10.2. The molecule has 0 saturated heterocycles. The highest BCUT2D eigenvalue weighted by Gasteiger charge is 2.10. The Bertz CT molecular complexity index is 309. The number of carbonyl (C=O) groups excluding carboxylic acids is 1. The largest absolute Gasteiger partial charge is 0.619 e. The van der Waals surface area contributed by atoms with Crippen LogP contribution in [0.5, 0.6) is 0 Å². The molecule has 0 amide bonds. The number of carbonyl (C=O) groups is 1. The van der Waals surface area contributed by atoms with Gasteiger partial charge in [-0.05, 0) is 6.92 Å². The van der Waals surface area contributed by atoms with Crippen molar-refractivity contribution in [3.8, 4) is 0 Å². The van der Waals surface area contributed by atoms with Gasteiger partial charge in [-0.25, -0.2) is 4.79 Å². The van der Waals surface area contributed by atoms with Crippen molar-refractivity contribution in [3.05, 3.63) is 34.8 Å². The number of ether oxygens (including phenoxy) is 1. The second kappa shape index (κ2) is 3.21. The number of nitrogens with zero attached hydrogens (tertiary/aromatic N) is 1.